The molecule has 0 atom stereocenters. The summed E-state index contributed by atoms with van der Waals surface area (Å²) >= 11 is 0. The molecule has 0 radical (unpaired) electrons. The number of H-pyrrole nitrogens is 1. The van der Waals surface area contributed by atoms with Crippen LogP contribution in [0.25, 0.3) is 0 Å². The number of carboxylic acids is 1. The third-order valence-corrected chi connectivity index (χ3v) is 4.13. The van der Waals surface area contributed by atoms with E-state index >= 15 is 0 Å². The van der Waals surface area contributed by atoms with Crippen molar-refractivity contribution in [1.29, 1.82) is 0 Å². The first-order chi connectivity index (χ1) is 9.73. The lowest BCUT2D eigenvalue weighted by Crippen LogP contribution is -2.33. The molecule has 110 valence electrons. The smallest absolute Gasteiger partial charge is 0.339 e. The standard InChI is InChI=1S/C11H8N2O7S/c14-8-2-1-6(5-7(8)11(17)18)21(19,20)13-10(16)4-3-9(15)12-13/h1-5,14H,(H,12,15)(H,17,18). The van der Waals surface area contributed by atoms with Gasteiger partial charge in [-0.05, 0) is 18.2 Å². The third-order valence-electron chi connectivity index (χ3n) is 2.53. The molecule has 0 fully saturated rings. The summed E-state index contributed by atoms with van der Waals surface area (Å²) in [6.45, 7) is 0. The van der Waals surface area contributed by atoms with Crippen LogP contribution in [0.4, 0.5) is 0 Å². The predicted molar refractivity (Wildman–Crippen MR) is 69.0 cm³/mol. The van der Waals surface area contributed by atoms with Gasteiger partial charge in [-0.3, -0.25) is 9.59 Å². The molecule has 0 spiro atoms. The van der Waals surface area contributed by atoms with E-state index in [1.165, 1.54) is 0 Å². The van der Waals surface area contributed by atoms with Crippen molar-refractivity contribution in [2.75, 3.05) is 0 Å². The summed E-state index contributed by atoms with van der Waals surface area (Å²) in [5.41, 5.74) is -2.49. The van der Waals surface area contributed by atoms with Gasteiger partial charge < -0.3 is 10.2 Å². The maximum absolute atomic E-state index is 12.2. The molecule has 1 aromatic carbocycles. The fraction of sp³-hybridized carbons (Fsp3) is 0. The van der Waals surface area contributed by atoms with Crippen LogP contribution in [0.3, 0.4) is 0 Å². The van der Waals surface area contributed by atoms with Crippen LogP contribution >= 0.6 is 0 Å². The number of carboxylic acid groups (broad SMARTS) is 1. The minimum Gasteiger partial charge on any atom is -0.507 e. The maximum Gasteiger partial charge on any atom is 0.339 e. The van der Waals surface area contributed by atoms with Crippen LogP contribution in [0.5, 0.6) is 5.75 Å². The number of hydrogen-bond donors (Lipinski definition) is 3. The van der Waals surface area contributed by atoms with Crippen LogP contribution in [-0.2, 0) is 10.0 Å². The zero-order valence-electron chi connectivity index (χ0n) is 10.2. The Bertz CT molecular complexity index is 940. The fourth-order valence-electron chi connectivity index (χ4n) is 1.54. The summed E-state index contributed by atoms with van der Waals surface area (Å²) in [6.07, 6.45) is 0. The molecule has 9 nitrogen and oxygen atoms in total. The molecule has 0 aliphatic carbocycles. The number of benzene rings is 1. The van der Waals surface area contributed by atoms with Crippen LogP contribution in [0.2, 0.25) is 0 Å². The van der Waals surface area contributed by atoms with Gasteiger partial charge in [0, 0.05) is 12.1 Å². The fourth-order valence-corrected chi connectivity index (χ4v) is 2.76. The minimum atomic E-state index is -4.49. The molecule has 10 heteroatoms. The Morgan fingerprint density at radius 2 is 1.81 bits per heavy atom. The molecule has 1 heterocycles. The molecule has 0 bridgehead atoms. The van der Waals surface area contributed by atoms with Crippen LogP contribution < -0.4 is 11.1 Å². The highest BCUT2D eigenvalue weighted by molar-refractivity contribution is 7.89. The summed E-state index contributed by atoms with van der Waals surface area (Å²) in [5.74, 6) is -2.17. The van der Waals surface area contributed by atoms with Gasteiger partial charge in [0.05, 0.1) is 4.90 Å². The average molecular weight is 312 g/mol. The average Bonchev–Trinajstić information content (AvgIpc) is 2.41. The van der Waals surface area contributed by atoms with E-state index in [0.717, 1.165) is 24.3 Å². The lowest BCUT2D eigenvalue weighted by atomic mass is 10.2. The molecule has 21 heavy (non-hydrogen) atoms. The topological polar surface area (TPSA) is 147 Å². The Balaban J connectivity index is 2.73. The second-order valence-corrected chi connectivity index (χ2v) is 5.69. The van der Waals surface area contributed by atoms with E-state index < -0.39 is 43.3 Å². The molecule has 1 aromatic heterocycles. The van der Waals surface area contributed by atoms with Crippen molar-refractivity contribution >= 4 is 16.0 Å². The Morgan fingerprint density at radius 3 is 2.43 bits per heavy atom. The SMILES string of the molecule is O=C(O)c1cc(S(=O)(=O)n2[nH]c(=O)ccc2=O)ccc1O. The Morgan fingerprint density at radius 1 is 1.14 bits per heavy atom. The van der Waals surface area contributed by atoms with E-state index in [1.54, 1.807) is 0 Å². The second-order valence-electron chi connectivity index (χ2n) is 3.90. The van der Waals surface area contributed by atoms with Gasteiger partial charge in [0.2, 0.25) is 0 Å². The Labute approximate surface area is 116 Å². The third kappa shape index (κ3) is 2.56. The highest BCUT2D eigenvalue weighted by Crippen LogP contribution is 2.21. The van der Waals surface area contributed by atoms with Crippen LogP contribution in [0, 0.1) is 0 Å². The summed E-state index contributed by atoms with van der Waals surface area (Å²) < 4.78 is 24.5. The number of rotatable bonds is 3. The molecule has 0 aliphatic heterocycles. The van der Waals surface area contributed by atoms with Crippen molar-refractivity contribution in [3.63, 3.8) is 0 Å². The Hall–Kier alpha value is -2.88. The molecule has 2 aromatic rings. The lowest BCUT2D eigenvalue weighted by Gasteiger charge is -2.08. The second kappa shape index (κ2) is 4.90. The number of hydrogen-bond acceptors (Lipinski definition) is 6. The molecule has 0 unspecified atom stereocenters. The summed E-state index contributed by atoms with van der Waals surface area (Å²) in [4.78, 5) is 33.0. The van der Waals surface area contributed by atoms with E-state index in [-0.39, 0.29) is 4.09 Å². The van der Waals surface area contributed by atoms with Crippen molar-refractivity contribution in [2.45, 2.75) is 4.90 Å². The van der Waals surface area contributed by atoms with Crippen molar-refractivity contribution in [1.82, 2.24) is 9.19 Å². The van der Waals surface area contributed by atoms with E-state index in [0.29, 0.717) is 6.07 Å². The van der Waals surface area contributed by atoms with Gasteiger partial charge in [-0.15, -0.1) is 4.09 Å². The number of aromatic amines is 1. The largest absolute Gasteiger partial charge is 0.507 e. The van der Waals surface area contributed by atoms with E-state index in [9.17, 15) is 27.9 Å². The number of aromatic nitrogens is 2. The highest BCUT2D eigenvalue weighted by atomic mass is 32.2. The molecule has 0 amide bonds. The normalized spacial score (nSPS) is 11.2. The zero-order valence-corrected chi connectivity index (χ0v) is 11.0. The van der Waals surface area contributed by atoms with E-state index in [2.05, 4.69) is 0 Å². The van der Waals surface area contributed by atoms with Crippen molar-refractivity contribution in [3.8, 4) is 5.75 Å². The summed E-state index contributed by atoms with van der Waals surface area (Å²) in [5, 5.41) is 20.0. The van der Waals surface area contributed by atoms with Gasteiger partial charge in [-0.1, -0.05) is 0 Å². The number of aromatic hydroxyl groups is 1. The van der Waals surface area contributed by atoms with Crippen molar-refractivity contribution in [2.24, 2.45) is 0 Å². The molecular weight excluding hydrogens is 304 g/mol. The minimum absolute atomic E-state index is 0.0906. The van der Waals surface area contributed by atoms with Crippen LogP contribution in [0.1, 0.15) is 10.4 Å². The molecular formula is C11H8N2O7S. The van der Waals surface area contributed by atoms with Gasteiger partial charge in [0.15, 0.2) is 0 Å². The molecule has 0 saturated carbocycles. The highest BCUT2D eigenvalue weighted by Gasteiger charge is 2.22. The molecule has 3 N–H and O–H groups in total. The maximum atomic E-state index is 12.2. The molecule has 2 rings (SSSR count). The number of aromatic carboxylic acids is 1. The summed E-state index contributed by atoms with van der Waals surface area (Å²) in [6, 6.07) is 4.07. The van der Waals surface area contributed by atoms with Gasteiger partial charge in [0.1, 0.15) is 11.3 Å². The number of nitrogens with one attached hydrogen (secondary N) is 1. The van der Waals surface area contributed by atoms with Crippen LogP contribution in [-0.4, -0.2) is 33.8 Å². The van der Waals surface area contributed by atoms with Gasteiger partial charge in [-0.25, -0.2) is 9.89 Å². The van der Waals surface area contributed by atoms with E-state index in [4.69, 9.17) is 5.11 Å². The summed E-state index contributed by atoms with van der Waals surface area (Å²) in [7, 11) is -4.49. The first-order valence-electron chi connectivity index (χ1n) is 5.38. The number of phenols is 1. The zero-order chi connectivity index (χ0) is 15.8. The van der Waals surface area contributed by atoms with Gasteiger partial charge >= 0.3 is 5.97 Å². The van der Waals surface area contributed by atoms with Crippen LogP contribution in [0.15, 0.2) is 44.8 Å². The van der Waals surface area contributed by atoms with Crippen molar-refractivity contribution in [3.05, 3.63) is 56.6 Å². The number of carbonyl (C=O) groups is 1. The van der Waals surface area contributed by atoms with Gasteiger partial charge in [-0.2, -0.15) is 8.42 Å². The quantitative estimate of drug-likeness (QED) is 0.670. The van der Waals surface area contributed by atoms with Gasteiger partial charge in [0.25, 0.3) is 21.1 Å². The monoisotopic (exact) mass is 312 g/mol. The Kier molecular flexibility index (Phi) is 3.39. The lowest BCUT2D eigenvalue weighted by molar-refractivity contribution is 0.0693. The number of nitrogens with zero attached hydrogens (tertiary/aromatic N) is 1. The molecule has 0 aliphatic rings. The molecule has 0 saturated heterocycles. The van der Waals surface area contributed by atoms with E-state index in [1.807, 2.05) is 5.10 Å². The van der Waals surface area contributed by atoms with Crippen molar-refractivity contribution < 1.29 is 23.4 Å². The predicted octanol–water partition coefficient (Wildman–Crippen LogP) is -0.823. The first kappa shape index (κ1) is 14.5. The first-order valence-corrected chi connectivity index (χ1v) is 6.82.